The summed E-state index contributed by atoms with van der Waals surface area (Å²) >= 11 is 0. The van der Waals surface area contributed by atoms with E-state index < -0.39 is 0 Å². The molecule has 1 heterocycles. The Bertz CT molecular complexity index is 495. The number of aromatic nitrogens is 1. The van der Waals surface area contributed by atoms with E-state index in [1.54, 1.807) is 12.1 Å². The molecule has 0 aliphatic heterocycles. The first-order valence-corrected chi connectivity index (χ1v) is 5.22. The minimum absolute atomic E-state index is 0.124. The van der Waals surface area contributed by atoms with Crippen LogP contribution < -0.4 is 5.32 Å². The van der Waals surface area contributed by atoms with Crippen LogP contribution in [0.4, 0.5) is 5.69 Å². The van der Waals surface area contributed by atoms with Gasteiger partial charge in [-0.2, -0.15) is 0 Å². The number of hydrogen-bond donors (Lipinski definition) is 2. The van der Waals surface area contributed by atoms with Crippen LogP contribution in [0.1, 0.15) is 16.1 Å². The number of aliphatic hydroxyl groups excluding tert-OH is 1. The first-order chi connectivity index (χ1) is 8.29. The number of amides is 1. The van der Waals surface area contributed by atoms with Gasteiger partial charge in [0.25, 0.3) is 5.91 Å². The number of carbonyl (C=O) groups is 1. The molecule has 0 saturated heterocycles. The fourth-order valence-corrected chi connectivity index (χ4v) is 1.38. The van der Waals surface area contributed by atoms with Crippen LogP contribution in [-0.4, -0.2) is 16.0 Å². The number of pyridine rings is 1. The standard InChI is InChI=1S/C13H12N2O2/c16-9-12-7-6-10(8-14-12)13(17)15-11-4-2-1-3-5-11/h1-8,16H,9H2,(H,15,17). The number of rotatable bonds is 3. The molecule has 2 rings (SSSR count). The lowest BCUT2D eigenvalue weighted by atomic mass is 10.2. The van der Waals surface area contributed by atoms with Crippen molar-refractivity contribution in [1.29, 1.82) is 0 Å². The van der Waals surface area contributed by atoms with E-state index >= 15 is 0 Å². The minimum Gasteiger partial charge on any atom is -0.390 e. The Morgan fingerprint density at radius 2 is 1.94 bits per heavy atom. The summed E-state index contributed by atoms with van der Waals surface area (Å²) < 4.78 is 0. The summed E-state index contributed by atoms with van der Waals surface area (Å²) in [6.07, 6.45) is 1.45. The summed E-state index contributed by atoms with van der Waals surface area (Å²) in [5.41, 5.74) is 1.75. The summed E-state index contributed by atoms with van der Waals surface area (Å²) in [7, 11) is 0. The van der Waals surface area contributed by atoms with E-state index in [0.29, 0.717) is 11.3 Å². The molecule has 0 aliphatic carbocycles. The highest BCUT2D eigenvalue weighted by atomic mass is 16.3. The van der Waals surface area contributed by atoms with Gasteiger partial charge in [0.1, 0.15) is 0 Å². The molecule has 0 aliphatic rings. The number of nitrogens with zero attached hydrogens (tertiary/aromatic N) is 1. The molecule has 0 radical (unpaired) electrons. The first kappa shape index (κ1) is 11.3. The van der Waals surface area contributed by atoms with Crippen molar-refractivity contribution in [3.8, 4) is 0 Å². The smallest absolute Gasteiger partial charge is 0.257 e. The highest BCUT2D eigenvalue weighted by Crippen LogP contribution is 2.08. The van der Waals surface area contributed by atoms with Crippen LogP contribution in [0.15, 0.2) is 48.7 Å². The number of aliphatic hydroxyl groups is 1. The molecule has 1 aromatic heterocycles. The average Bonchev–Trinajstić information content (AvgIpc) is 2.40. The Kier molecular flexibility index (Phi) is 3.47. The van der Waals surface area contributed by atoms with Crippen LogP contribution in [0.3, 0.4) is 0 Å². The second kappa shape index (κ2) is 5.23. The van der Waals surface area contributed by atoms with Crippen LogP contribution >= 0.6 is 0 Å². The summed E-state index contributed by atoms with van der Waals surface area (Å²) in [5.74, 6) is -0.215. The third kappa shape index (κ3) is 2.89. The summed E-state index contributed by atoms with van der Waals surface area (Å²) in [4.78, 5) is 15.7. The predicted molar refractivity (Wildman–Crippen MR) is 64.6 cm³/mol. The third-order valence-corrected chi connectivity index (χ3v) is 2.28. The van der Waals surface area contributed by atoms with Gasteiger partial charge in [-0.15, -0.1) is 0 Å². The summed E-state index contributed by atoms with van der Waals surface area (Å²) in [6, 6.07) is 12.5. The quantitative estimate of drug-likeness (QED) is 0.842. The molecule has 17 heavy (non-hydrogen) atoms. The van der Waals surface area contributed by atoms with Crippen LogP contribution in [0.25, 0.3) is 0 Å². The van der Waals surface area contributed by atoms with Gasteiger partial charge in [-0.05, 0) is 24.3 Å². The van der Waals surface area contributed by atoms with Crippen molar-refractivity contribution in [2.75, 3.05) is 5.32 Å². The van der Waals surface area contributed by atoms with Crippen molar-refractivity contribution in [1.82, 2.24) is 4.98 Å². The molecule has 4 nitrogen and oxygen atoms in total. The maximum atomic E-state index is 11.8. The molecule has 1 aromatic carbocycles. The molecule has 0 atom stereocenters. The van der Waals surface area contributed by atoms with E-state index in [1.807, 2.05) is 30.3 Å². The van der Waals surface area contributed by atoms with Crippen molar-refractivity contribution in [2.45, 2.75) is 6.61 Å². The number of carbonyl (C=O) groups excluding carboxylic acids is 1. The molecular weight excluding hydrogens is 216 g/mol. The average molecular weight is 228 g/mol. The van der Waals surface area contributed by atoms with Crippen LogP contribution in [0.5, 0.6) is 0 Å². The molecular formula is C13H12N2O2. The van der Waals surface area contributed by atoms with Gasteiger partial charge in [0.05, 0.1) is 17.9 Å². The Hall–Kier alpha value is -2.20. The normalized spacial score (nSPS) is 9.94. The van der Waals surface area contributed by atoms with E-state index in [2.05, 4.69) is 10.3 Å². The van der Waals surface area contributed by atoms with Gasteiger partial charge < -0.3 is 10.4 Å². The highest BCUT2D eigenvalue weighted by Gasteiger charge is 2.05. The summed E-state index contributed by atoms with van der Waals surface area (Å²) in [6.45, 7) is -0.124. The summed E-state index contributed by atoms with van der Waals surface area (Å²) in [5, 5.41) is 11.6. The van der Waals surface area contributed by atoms with Gasteiger partial charge in [-0.3, -0.25) is 9.78 Å². The molecule has 0 fully saturated rings. The molecule has 86 valence electrons. The Morgan fingerprint density at radius 3 is 2.53 bits per heavy atom. The van der Waals surface area contributed by atoms with Gasteiger partial charge in [0, 0.05) is 11.9 Å². The molecule has 1 amide bonds. The van der Waals surface area contributed by atoms with Crippen LogP contribution in [0.2, 0.25) is 0 Å². The lowest BCUT2D eigenvalue weighted by Gasteiger charge is -2.04. The van der Waals surface area contributed by atoms with Crippen LogP contribution in [-0.2, 0) is 6.61 Å². The SMILES string of the molecule is O=C(Nc1ccccc1)c1ccc(CO)nc1. The van der Waals surface area contributed by atoms with Gasteiger partial charge >= 0.3 is 0 Å². The number of benzene rings is 1. The number of para-hydroxylation sites is 1. The topological polar surface area (TPSA) is 62.2 Å². The molecule has 0 spiro atoms. The zero-order chi connectivity index (χ0) is 12.1. The second-order valence-electron chi connectivity index (χ2n) is 3.52. The minimum atomic E-state index is -0.215. The number of hydrogen-bond acceptors (Lipinski definition) is 3. The van der Waals surface area contributed by atoms with Crippen molar-refractivity contribution in [3.63, 3.8) is 0 Å². The lowest BCUT2D eigenvalue weighted by Crippen LogP contribution is -2.12. The van der Waals surface area contributed by atoms with E-state index in [-0.39, 0.29) is 12.5 Å². The highest BCUT2D eigenvalue weighted by molar-refractivity contribution is 6.03. The first-order valence-electron chi connectivity index (χ1n) is 5.22. The van der Waals surface area contributed by atoms with Gasteiger partial charge in [-0.1, -0.05) is 18.2 Å². The van der Waals surface area contributed by atoms with Crippen molar-refractivity contribution in [2.24, 2.45) is 0 Å². The van der Waals surface area contributed by atoms with Gasteiger partial charge in [0.2, 0.25) is 0 Å². The fraction of sp³-hybridized carbons (Fsp3) is 0.0769. The van der Waals surface area contributed by atoms with Crippen molar-refractivity contribution >= 4 is 11.6 Å². The van der Waals surface area contributed by atoms with E-state index in [9.17, 15) is 4.79 Å². The zero-order valence-corrected chi connectivity index (χ0v) is 9.13. The molecule has 2 N–H and O–H groups in total. The molecule has 0 unspecified atom stereocenters. The van der Waals surface area contributed by atoms with Gasteiger partial charge in [-0.25, -0.2) is 0 Å². The fourth-order valence-electron chi connectivity index (χ4n) is 1.38. The largest absolute Gasteiger partial charge is 0.390 e. The van der Waals surface area contributed by atoms with E-state index in [1.165, 1.54) is 6.20 Å². The van der Waals surface area contributed by atoms with Crippen molar-refractivity contribution in [3.05, 3.63) is 59.9 Å². The van der Waals surface area contributed by atoms with E-state index in [0.717, 1.165) is 5.69 Å². The Labute approximate surface area is 98.9 Å². The monoisotopic (exact) mass is 228 g/mol. The Balaban J connectivity index is 2.09. The molecule has 2 aromatic rings. The maximum Gasteiger partial charge on any atom is 0.257 e. The molecule has 4 heteroatoms. The second-order valence-corrected chi connectivity index (χ2v) is 3.52. The van der Waals surface area contributed by atoms with Crippen molar-refractivity contribution < 1.29 is 9.90 Å². The number of anilines is 1. The lowest BCUT2D eigenvalue weighted by molar-refractivity contribution is 0.102. The van der Waals surface area contributed by atoms with Crippen LogP contribution in [0, 0.1) is 0 Å². The third-order valence-electron chi connectivity index (χ3n) is 2.28. The van der Waals surface area contributed by atoms with Gasteiger partial charge in [0.15, 0.2) is 0 Å². The maximum absolute atomic E-state index is 11.8. The van der Waals surface area contributed by atoms with E-state index in [4.69, 9.17) is 5.11 Å². The Morgan fingerprint density at radius 1 is 1.18 bits per heavy atom. The molecule has 0 bridgehead atoms. The molecule has 0 saturated carbocycles. The zero-order valence-electron chi connectivity index (χ0n) is 9.13. The predicted octanol–water partition coefficient (Wildman–Crippen LogP) is 1.83. The number of nitrogens with one attached hydrogen (secondary N) is 1.